The maximum Gasteiger partial charge on any atom is 0.222 e. The van der Waals surface area contributed by atoms with Gasteiger partial charge in [0.2, 0.25) is 5.91 Å². The van der Waals surface area contributed by atoms with Gasteiger partial charge in [0.25, 0.3) is 0 Å². The molecule has 4 nitrogen and oxygen atoms in total. The van der Waals surface area contributed by atoms with Gasteiger partial charge in [-0.2, -0.15) is 0 Å². The van der Waals surface area contributed by atoms with Crippen LogP contribution in [-0.4, -0.2) is 10.9 Å². The number of nitrogens with zero attached hydrogens (tertiary/aromatic N) is 1. The van der Waals surface area contributed by atoms with Crippen molar-refractivity contribution in [3.63, 3.8) is 0 Å². The first-order valence-corrected chi connectivity index (χ1v) is 6.61. The van der Waals surface area contributed by atoms with Crippen molar-refractivity contribution in [1.29, 1.82) is 0 Å². The quantitative estimate of drug-likeness (QED) is 0.903. The number of carbonyl (C=O) groups excluding carboxylic acids is 1. The maximum atomic E-state index is 10.9. The molecule has 98 valence electrons. The lowest BCUT2D eigenvalue weighted by Gasteiger charge is -2.09. The van der Waals surface area contributed by atoms with Gasteiger partial charge in [0, 0.05) is 11.4 Å². The van der Waals surface area contributed by atoms with Crippen molar-refractivity contribution in [2.75, 3.05) is 10.6 Å². The van der Waals surface area contributed by atoms with Gasteiger partial charge in [0.05, 0.1) is 17.6 Å². The van der Waals surface area contributed by atoms with E-state index in [9.17, 15) is 4.79 Å². The van der Waals surface area contributed by atoms with Crippen LogP contribution in [0.3, 0.4) is 0 Å². The molecule has 0 saturated carbocycles. The molecule has 1 amide bonds. The van der Waals surface area contributed by atoms with Crippen molar-refractivity contribution in [2.45, 2.75) is 13.8 Å². The highest BCUT2D eigenvalue weighted by molar-refractivity contribution is 9.10. The van der Waals surface area contributed by atoms with Crippen LogP contribution in [0.5, 0.6) is 0 Å². The number of carbonyl (C=O) groups is 1. The van der Waals surface area contributed by atoms with E-state index in [1.54, 1.807) is 12.3 Å². The van der Waals surface area contributed by atoms with Gasteiger partial charge in [-0.15, -0.1) is 0 Å². The Morgan fingerprint density at radius 3 is 2.63 bits per heavy atom. The number of benzene rings is 1. The molecule has 2 N–H and O–H groups in total. The van der Waals surface area contributed by atoms with Crippen LogP contribution in [0.1, 0.15) is 12.5 Å². The van der Waals surface area contributed by atoms with E-state index in [-0.39, 0.29) is 5.91 Å². The van der Waals surface area contributed by atoms with E-state index in [0.29, 0.717) is 5.82 Å². The second kappa shape index (κ2) is 5.84. The smallest absolute Gasteiger partial charge is 0.222 e. The summed E-state index contributed by atoms with van der Waals surface area (Å²) in [5.74, 6) is 0.413. The Balaban J connectivity index is 2.13. The first-order chi connectivity index (χ1) is 9.04. The van der Waals surface area contributed by atoms with Crippen LogP contribution in [0.2, 0.25) is 0 Å². The summed E-state index contributed by atoms with van der Waals surface area (Å²) in [6, 6.07) is 9.70. The molecule has 1 aromatic carbocycles. The zero-order valence-corrected chi connectivity index (χ0v) is 12.3. The number of aryl methyl sites for hydroxylation is 1. The lowest BCUT2D eigenvalue weighted by Crippen LogP contribution is -2.07. The van der Waals surface area contributed by atoms with E-state index < -0.39 is 0 Å². The summed E-state index contributed by atoms with van der Waals surface area (Å²) in [6.07, 6.45) is 1.68. The zero-order valence-electron chi connectivity index (χ0n) is 10.7. The SMILES string of the molecule is CC(=O)Nc1ccc(Nc2ccc(C)cc2Br)cn1. The highest BCUT2D eigenvalue weighted by atomic mass is 79.9. The third-order valence-corrected chi connectivity index (χ3v) is 3.13. The third-order valence-electron chi connectivity index (χ3n) is 2.47. The summed E-state index contributed by atoms with van der Waals surface area (Å²) >= 11 is 3.51. The molecule has 2 aromatic rings. The number of nitrogens with one attached hydrogen (secondary N) is 2. The second-order valence-electron chi connectivity index (χ2n) is 4.22. The van der Waals surface area contributed by atoms with Gasteiger partial charge in [-0.25, -0.2) is 4.98 Å². The van der Waals surface area contributed by atoms with E-state index in [1.807, 2.05) is 31.2 Å². The molecule has 0 unspecified atom stereocenters. The normalized spacial score (nSPS) is 10.1. The summed E-state index contributed by atoms with van der Waals surface area (Å²) in [4.78, 5) is 15.0. The van der Waals surface area contributed by atoms with Crippen molar-refractivity contribution in [3.8, 4) is 0 Å². The first kappa shape index (κ1) is 13.5. The fourth-order valence-electron chi connectivity index (χ4n) is 1.60. The minimum absolute atomic E-state index is 0.130. The van der Waals surface area contributed by atoms with Crippen molar-refractivity contribution < 1.29 is 4.79 Å². The van der Waals surface area contributed by atoms with E-state index in [0.717, 1.165) is 15.8 Å². The third kappa shape index (κ3) is 3.79. The average molecular weight is 320 g/mol. The van der Waals surface area contributed by atoms with Crippen LogP contribution in [-0.2, 0) is 4.79 Å². The van der Waals surface area contributed by atoms with E-state index >= 15 is 0 Å². The molecular weight excluding hydrogens is 306 g/mol. The van der Waals surface area contributed by atoms with Crippen LogP contribution in [0.25, 0.3) is 0 Å². The standard InChI is InChI=1S/C14H14BrN3O/c1-9-3-5-13(12(15)7-9)18-11-4-6-14(16-8-11)17-10(2)19/h3-8,18H,1-2H3,(H,16,17,19). The first-order valence-electron chi connectivity index (χ1n) is 5.81. The summed E-state index contributed by atoms with van der Waals surface area (Å²) in [5, 5.41) is 5.89. The van der Waals surface area contributed by atoms with Gasteiger partial charge in [-0.05, 0) is 52.7 Å². The Morgan fingerprint density at radius 2 is 2.05 bits per heavy atom. The largest absolute Gasteiger partial charge is 0.353 e. The number of rotatable bonds is 3. The van der Waals surface area contributed by atoms with Gasteiger partial charge in [0.15, 0.2) is 0 Å². The molecule has 2 rings (SSSR count). The van der Waals surface area contributed by atoms with Crippen molar-refractivity contribution in [3.05, 3.63) is 46.6 Å². The summed E-state index contributed by atoms with van der Waals surface area (Å²) in [7, 11) is 0. The molecular formula is C14H14BrN3O. The molecule has 1 heterocycles. The summed E-state index contributed by atoms with van der Waals surface area (Å²) < 4.78 is 0.999. The van der Waals surface area contributed by atoms with Gasteiger partial charge in [-0.1, -0.05) is 6.07 Å². The maximum absolute atomic E-state index is 10.9. The number of hydrogen-bond acceptors (Lipinski definition) is 3. The minimum Gasteiger partial charge on any atom is -0.353 e. The molecule has 0 spiro atoms. The van der Waals surface area contributed by atoms with Crippen molar-refractivity contribution >= 4 is 39.0 Å². The van der Waals surface area contributed by atoms with Crippen LogP contribution in [0.4, 0.5) is 17.2 Å². The van der Waals surface area contributed by atoms with Gasteiger partial charge < -0.3 is 10.6 Å². The molecule has 5 heteroatoms. The topological polar surface area (TPSA) is 54.0 Å². The molecule has 19 heavy (non-hydrogen) atoms. The Bertz CT molecular complexity index is 596. The van der Waals surface area contributed by atoms with Crippen molar-refractivity contribution in [1.82, 2.24) is 4.98 Å². The van der Waals surface area contributed by atoms with Gasteiger partial charge in [-0.3, -0.25) is 4.79 Å². The fraction of sp³-hybridized carbons (Fsp3) is 0.143. The zero-order chi connectivity index (χ0) is 13.8. The monoisotopic (exact) mass is 319 g/mol. The second-order valence-corrected chi connectivity index (χ2v) is 5.08. The molecule has 0 saturated heterocycles. The Morgan fingerprint density at radius 1 is 1.26 bits per heavy atom. The summed E-state index contributed by atoms with van der Waals surface area (Å²) in [5.41, 5.74) is 3.02. The van der Waals surface area contributed by atoms with Crippen molar-refractivity contribution in [2.24, 2.45) is 0 Å². The molecule has 0 radical (unpaired) electrons. The number of anilines is 3. The average Bonchev–Trinajstić information content (AvgIpc) is 2.34. The highest BCUT2D eigenvalue weighted by Crippen LogP contribution is 2.26. The molecule has 0 atom stereocenters. The summed E-state index contributed by atoms with van der Waals surface area (Å²) in [6.45, 7) is 3.50. The predicted octanol–water partition coefficient (Wildman–Crippen LogP) is 3.85. The van der Waals surface area contributed by atoms with Crippen LogP contribution < -0.4 is 10.6 Å². The Labute approximate surface area is 120 Å². The molecule has 0 aliphatic rings. The molecule has 0 bridgehead atoms. The molecule has 0 aliphatic carbocycles. The van der Waals surface area contributed by atoms with E-state index in [2.05, 4.69) is 31.5 Å². The number of amides is 1. The van der Waals surface area contributed by atoms with Gasteiger partial charge in [0.1, 0.15) is 5.82 Å². The Kier molecular flexibility index (Phi) is 4.16. The highest BCUT2D eigenvalue weighted by Gasteiger charge is 2.02. The molecule has 0 aliphatic heterocycles. The lowest BCUT2D eigenvalue weighted by atomic mass is 10.2. The fourth-order valence-corrected chi connectivity index (χ4v) is 2.19. The van der Waals surface area contributed by atoms with Gasteiger partial charge >= 0.3 is 0 Å². The van der Waals surface area contributed by atoms with Crippen LogP contribution in [0, 0.1) is 6.92 Å². The van der Waals surface area contributed by atoms with Crippen LogP contribution in [0.15, 0.2) is 41.0 Å². The minimum atomic E-state index is -0.130. The van der Waals surface area contributed by atoms with E-state index in [1.165, 1.54) is 12.5 Å². The number of halogens is 1. The van der Waals surface area contributed by atoms with E-state index in [4.69, 9.17) is 0 Å². The number of pyridine rings is 1. The lowest BCUT2D eigenvalue weighted by molar-refractivity contribution is -0.114. The number of aromatic nitrogens is 1. The Hall–Kier alpha value is -1.88. The predicted molar refractivity (Wildman–Crippen MR) is 80.7 cm³/mol. The molecule has 1 aromatic heterocycles. The van der Waals surface area contributed by atoms with Crippen LogP contribution >= 0.6 is 15.9 Å². The molecule has 0 fully saturated rings. The number of hydrogen-bond donors (Lipinski definition) is 2.